The number of aliphatic hydroxyl groups excluding tert-OH is 1. The van der Waals surface area contributed by atoms with Crippen molar-refractivity contribution in [1.82, 2.24) is 15.1 Å². The lowest BCUT2D eigenvalue weighted by atomic mass is 10.1. The Hall–Kier alpha value is -2.34. The highest BCUT2D eigenvalue weighted by Gasteiger charge is 2.22. The molecule has 2 aromatic rings. The first kappa shape index (κ1) is 15.1. The van der Waals surface area contributed by atoms with Crippen molar-refractivity contribution in [3.8, 4) is 0 Å². The molecule has 1 heterocycles. The van der Waals surface area contributed by atoms with Gasteiger partial charge >= 0.3 is 0 Å². The first-order valence-corrected chi connectivity index (χ1v) is 6.88. The van der Waals surface area contributed by atoms with E-state index in [1.165, 1.54) is 0 Å². The van der Waals surface area contributed by atoms with Gasteiger partial charge in [-0.05, 0) is 19.4 Å². The summed E-state index contributed by atoms with van der Waals surface area (Å²) < 4.78 is 1.57. The summed E-state index contributed by atoms with van der Waals surface area (Å²) in [6.45, 7) is 4.02. The highest BCUT2D eigenvalue weighted by atomic mass is 16.3. The molecular formula is C15H20N4O2. The molecule has 0 bridgehead atoms. The topological polar surface area (TPSA) is 93.2 Å². The van der Waals surface area contributed by atoms with Gasteiger partial charge in [0.1, 0.15) is 5.69 Å². The minimum atomic E-state index is -0.474. The van der Waals surface area contributed by atoms with Gasteiger partial charge in [0.15, 0.2) is 0 Å². The second-order valence-electron chi connectivity index (χ2n) is 4.78. The number of aryl methyl sites for hydroxylation is 2. The van der Waals surface area contributed by atoms with Crippen LogP contribution in [0.4, 0.5) is 5.69 Å². The van der Waals surface area contributed by atoms with Crippen molar-refractivity contribution in [2.75, 3.05) is 12.3 Å². The summed E-state index contributed by atoms with van der Waals surface area (Å²) >= 11 is 0. The molecule has 21 heavy (non-hydrogen) atoms. The summed E-state index contributed by atoms with van der Waals surface area (Å²) in [5.74, 6) is -0.335. The van der Waals surface area contributed by atoms with Crippen molar-refractivity contribution in [3.63, 3.8) is 0 Å². The maximum atomic E-state index is 12.4. The number of anilines is 1. The highest BCUT2D eigenvalue weighted by molar-refractivity contribution is 5.98. The zero-order valence-corrected chi connectivity index (χ0v) is 12.2. The molecule has 0 fully saturated rings. The Bertz CT molecular complexity index is 622. The molecule has 6 nitrogen and oxygen atoms in total. The molecule has 0 aliphatic rings. The number of aromatic nitrogens is 2. The van der Waals surface area contributed by atoms with Gasteiger partial charge in [0.05, 0.1) is 24.0 Å². The van der Waals surface area contributed by atoms with Crippen LogP contribution in [0.3, 0.4) is 0 Å². The van der Waals surface area contributed by atoms with E-state index in [0.717, 1.165) is 5.56 Å². The first-order chi connectivity index (χ1) is 10.1. The molecule has 0 aliphatic heterocycles. The van der Waals surface area contributed by atoms with E-state index < -0.39 is 6.04 Å². The van der Waals surface area contributed by atoms with Gasteiger partial charge in [-0.3, -0.25) is 9.48 Å². The van der Waals surface area contributed by atoms with Gasteiger partial charge in [0.25, 0.3) is 5.91 Å². The normalized spacial score (nSPS) is 12.1. The van der Waals surface area contributed by atoms with Crippen LogP contribution in [0, 0.1) is 6.92 Å². The van der Waals surface area contributed by atoms with Crippen molar-refractivity contribution in [2.45, 2.75) is 26.4 Å². The third kappa shape index (κ3) is 3.05. The molecule has 6 heteroatoms. The van der Waals surface area contributed by atoms with Crippen LogP contribution in [0.1, 0.15) is 34.7 Å². The predicted molar refractivity (Wildman–Crippen MR) is 80.8 cm³/mol. The smallest absolute Gasteiger partial charge is 0.272 e. The van der Waals surface area contributed by atoms with E-state index in [2.05, 4.69) is 10.4 Å². The van der Waals surface area contributed by atoms with Crippen LogP contribution in [0.15, 0.2) is 30.3 Å². The molecule has 112 valence electrons. The number of benzene rings is 1. The predicted octanol–water partition coefficient (Wildman–Crippen LogP) is 1.26. The fraction of sp³-hybridized carbons (Fsp3) is 0.333. The van der Waals surface area contributed by atoms with E-state index in [0.29, 0.717) is 23.6 Å². The molecule has 0 saturated carbocycles. The number of carbonyl (C=O) groups excluding carboxylic acids is 1. The van der Waals surface area contributed by atoms with Gasteiger partial charge in [-0.2, -0.15) is 5.10 Å². The van der Waals surface area contributed by atoms with Gasteiger partial charge in [0, 0.05) is 6.54 Å². The van der Waals surface area contributed by atoms with E-state index in [1.54, 1.807) is 11.6 Å². The lowest BCUT2D eigenvalue weighted by molar-refractivity contribution is 0.0906. The number of aliphatic hydroxyl groups is 1. The molecule has 0 radical (unpaired) electrons. The van der Waals surface area contributed by atoms with Crippen molar-refractivity contribution in [2.24, 2.45) is 0 Å². The van der Waals surface area contributed by atoms with Crippen LogP contribution in [0.5, 0.6) is 0 Å². The minimum Gasteiger partial charge on any atom is -0.395 e. The largest absolute Gasteiger partial charge is 0.395 e. The lowest BCUT2D eigenvalue weighted by Gasteiger charge is -2.17. The van der Waals surface area contributed by atoms with Crippen molar-refractivity contribution in [1.29, 1.82) is 0 Å². The van der Waals surface area contributed by atoms with Crippen LogP contribution in [-0.2, 0) is 6.54 Å². The zero-order valence-electron chi connectivity index (χ0n) is 12.2. The van der Waals surface area contributed by atoms with Crippen LogP contribution >= 0.6 is 0 Å². The van der Waals surface area contributed by atoms with Crippen LogP contribution < -0.4 is 11.1 Å². The number of rotatable bonds is 5. The summed E-state index contributed by atoms with van der Waals surface area (Å²) in [6, 6.07) is 8.84. The lowest BCUT2D eigenvalue weighted by Crippen LogP contribution is -2.32. The number of nitrogens with one attached hydrogen (secondary N) is 1. The maximum Gasteiger partial charge on any atom is 0.272 e. The van der Waals surface area contributed by atoms with Gasteiger partial charge in [-0.1, -0.05) is 30.3 Å². The maximum absolute atomic E-state index is 12.4. The van der Waals surface area contributed by atoms with Crippen LogP contribution in [-0.4, -0.2) is 27.4 Å². The summed E-state index contributed by atoms with van der Waals surface area (Å²) in [4.78, 5) is 12.4. The molecule has 1 amide bonds. The molecule has 0 aliphatic carbocycles. The van der Waals surface area contributed by atoms with Crippen LogP contribution in [0.25, 0.3) is 0 Å². The standard InChI is InChI=1S/C15H20N4O2/c1-3-19-14(13(16)10(2)18-19)15(21)17-12(9-20)11-7-5-4-6-8-11/h4-8,12,20H,3,9,16H2,1-2H3,(H,17,21). The average molecular weight is 288 g/mol. The molecule has 0 saturated heterocycles. The van der Waals surface area contributed by atoms with E-state index in [4.69, 9.17) is 5.73 Å². The molecule has 4 N–H and O–H groups in total. The Morgan fingerprint density at radius 3 is 2.67 bits per heavy atom. The van der Waals surface area contributed by atoms with E-state index in [-0.39, 0.29) is 12.5 Å². The molecule has 0 spiro atoms. The number of amides is 1. The summed E-state index contributed by atoms with van der Waals surface area (Å²) in [5.41, 5.74) is 8.11. The number of hydrogen-bond donors (Lipinski definition) is 3. The molecule has 1 atom stereocenters. The molecule has 1 aromatic heterocycles. The van der Waals surface area contributed by atoms with Gasteiger partial charge in [-0.15, -0.1) is 0 Å². The third-order valence-electron chi connectivity index (χ3n) is 3.38. The third-order valence-corrected chi connectivity index (χ3v) is 3.38. The SMILES string of the molecule is CCn1nc(C)c(N)c1C(=O)NC(CO)c1ccccc1. The average Bonchev–Trinajstić information content (AvgIpc) is 2.80. The van der Waals surface area contributed by atoms with E-state index in [9.17, 15) is 9.90 Å². The van der Waals surface area contributed by atoms with Gasteiger partial charge in [0.2, 0.25) is 0 Å². The number of nitrogens with zero attached hydrogens (tertiary/aromatic N) is 2. The second-order valence-corrected chi connectivity index (χ2v) is 4.78. The quantitative estimate of drug-likeness (QED) is 0.772. The molecule has 2 rings (SSSR count). The summed E-state index contributed by atoms with van der Waals surface area (Å²) in [7, 11) is 0. The summed E-state index contributed by atoms with van der Waals surface area (Å²) in [6.07, 6.45) is 0. The number of nitrogen functional groups attached to an aromatic ring is 1. The van der Waals surface area contributed by atoms with Crippen LogP contribution in [0.2, 0.25) is 0 Å². The Kier molecular flexibility index (Phi) is 4.59. The monoisotopic (exact) mass is 288 g/mol. The minimum absolute atomic E-state index is 0.186. The number of hydrogen-bond acceptors (Lipinski definition) is 4. The van der Waals surface area contributed by atoms with Gasteiger partial charge < -0.3 is 16.2 Å². The summed E-state index contributed by atoms with van der Waals surface area (Å²) in [5, 5.41) is 16.5. The van der Waals surface area contributed by atoms with E-state index >= 15 is 0 Å². The highest BCUT2D eigenvalue weighted by Crippen LogP contribution is 2.18. The number of nitrogens with two attached hydrogens (primary N) is 1. The van der Waals surface area contributed by atoms with E-state index in [1.807, 2.05) is 37.3 Å². The van der Waals surface area contributed by atoms with Crippen molar-refractivity contribution >= 4 is 11.6 Å². The fourth-order valence-electron chi connectivity index (χ4n) is 2.21. The van der Waals surface area contributed by atoms with Crippen molar-refractivity contribution < 1.29 is 9.90 Å². The van der Waals surface area contributed by atoms with Gasteiger partial charge in [-0.25, -0.2) is 0 Å². The van der Waals surface area contributed by atoms with Crippen molar-refractivity contribution in [3.05, 3.63) is 47.3 Å². The molecule has 1 aromatic carbocycles. The fourth-order valence-corrected chi connectivity index (χ4v) is 2.21. The molecular weight excluding hydrogens is 268 g/mol. The molecule has 1 unspecified atom stereocenters. The Labute approximate surface area is 123 Å². The Balaban J connectivity index is 2.25. The second kappa shape index (κ2) is 6.41. The number of carbonyl (C=O) groups is 1. The Morgan fingerprint density at radius 2 is 2.10 bits per heavy atom. The first-order valence-electron chi connectivity index (χ1n) is 6.88. The Morgan fingerprint density at radius 1 is 1.43 bits per heavy atom. The zero-order chi connectivity index (χ0) is 15.4.